The first-order valence-electron chi connectivity index (χ1n) is 14.1. The smallest absolute Gasteiger partial charge is 0.224 e. The summed E-state index contributed by atoms with van der Waals surface area (Å²) in [5.74, 6) is -0.380. The van der Waals surface area contributed by atoms with E-state index in [4.69, 9.17) is 0 Å². The molecule has 10 nitrogen and oxygen atoms in total. The molecule has 0 saturated carbocycles. The van der Waals surface area contributed by atoms with Crippen molar-refractivity contribution in [3.63, 3.8) is 0 Å². The van der Waals surface area contributed by atoms with Crippen molar-refractivity contribution in [3.05, 3.63) is 73.1 Å². The van der Waals surface area contributed by atoms with Gasteiger partial charge in [-0.1, -0.05) is 6.92 Å². The molecule has 0 aliphatic rings. The van der Waals surface area contributed by atoms with E-state index in [1.165, 1.54) is 12.1 Å². The van der Waals surface area contributed by atoms with Gasteiger partial charge in [0.25, 0.3) is 0 Å². The van der Waals surface area contributed by atoms with Gasteiger partial charge in [-0.2, -0.15) is 5.10 Å². The van der Waals surface area contributed by atoms with Crippen molar-refractivity contribution >= 4 is 39.2 Å². The number of nitrogens with zero attached hydrogens (tertiary/aromatic N) is 5. The molecule has 4 N–H and O–H groups in total. The zero-order valence-corrected chi connectivity index (χ0v) is 24.2. The van der Waals surface area contributed by atoms with Crippen molar-refractivity contribution < 1.29 is 9.18 Å². The highest BCUT2D eigenvalue weighted by Crippen LogP contribution is 2.35. The highest BCUT2D eigenvalue weighted by molar-refractivity contribution is 6.00. The first kappa shape index (κ1) is 28.0. The fourth-order valence-electron chi connectivity index (χ4n) is 5.05. The topological polar surface area (TPSA) is 128 Å². The minimum Gasteiger partial charge on any atom is -0.384 e. The molecule has 0 aliphatic heterocycles. The van der Waals surface area contributed by atoms with Crippen molar-refractivity contribution in [1.29, 1.82) is 0 Å². The van der Waals surface area contributed by atoms with Crippen LogP contribution in [0.15, 0.2) is 67.3 Å². The summed E-state index contributed by atoms with van der Waals surface area (Å²) in [7, 11) is 3.99. The summed E-state index contributed by atoms with van der Waals surface area (Å²) < 4.78 is 14.7. The highest BCUT2D eigenvalue weighted by Gasteiger charge is 2.17. The summed E-state index contributed by atoms with van der Waals surface area (Å²) in [5, 5.41) is 15.4. The Hall–Kier alpha value is -5.16. The predicted molar refractivity (Wildman–Crippen MR) is 168 cm³/mol. The zero-order valence-electron chi connectivity index (χ0n) is 24.2. The van der Waals surface area contributed by atoms with Gasteiger partial charge in [-0.3, -0.25) is 19.9 Å². The van der Waals surface area contributed by atoms with Crippen LogP contribution < -0.4 is 10.6 Å². The monoisotopic (exact) mass is 577 g/mol. The maximum Gasteiger partial charge on any atom is 0.224 e. The number of fused-ring (bicyclic) bond motifs is 2. The number of nitrogens with one attached hydrogen (secondary N) is 4. The third-order valence-corrected chi connectivity index (χ3v) is 7.11. The number of likely N-dealkylation sites (N-methyl/N-ethyl adjacent to an activating group) is 1. The van der Waals surface area contributed by atoms with Crippen molar-refractivity contribution in [2.75, 3.05) is 37.8 Å². The maximum atomic E-state index is 14.7. The van der Waals surface area contributed by atoms with Crippen LogP contribution >= 0.6 is 0 Å². The van der Waals surface area contributed by atoms with E-state index in [9.17, 15) is 9.18 Å². The van der Waals surface area contributed by atoms with E-state index in [-0.39, 0.29) is 11.7 Å². The van der Waals surface area contributed by atoms with Crippen LogP contribution in [-0.4, -0.2) is 68.1 Å². The number of H-pyrrole nitrogens is 2. The predicted octanol–water partition coefficient (Wildman–Crippen LogP) is 6.08. The van der Waals surface area contributed by atoms with Crippen LogP contribution in [0.4, 0.5) is 15.8 Å². The Morgan fingerprint density at radius 1 is 0.930 bits per heavy atom. The molecule has 0 fully saturated rings. The number of aromatic nitrogens is 6. The van der Waals surface area contributed by atoms with Crippen LogP contribution in [0.2, 0.25) is 0 Å². The first-order chi connectivity index (χ1) is 20.9. The highest BCUT2D eigenvalue weighted by atomic mass is 19.1. The number of rotatable bonds is 10. The first-order valence-corrected chi connectivity index (χ1v) is 14.1. The minimum atomic E-state index is -0.334. The largest absolute Gasteiger partial charge is 0.384 e. The van der Waals surface area contributed by atoms with Crippen LogP contribution in [0, 0.1) is 5.82 Å². The van der Waals surface area contributed by atoms with Gasteiger partial charge in [-0.05, 0) is 63.0 Å². The van der Waals surface area contributed by atoms with Gasteiger partial charge >= 0.3 is 0 Å². The quantitative estimate of drug-likeness (QED) is 0.155. The molecule has 43 heavy (non-hydrogen) atoms. The van der Waals surface area contributed by atoms with Crippen molar-refractivity contribution in [1.82, 2.24) is 35.0 Å². The number of pyridine rings is 3. The van der Waals surface area contributed by atoms with Crippen LogP contribution in [0.25, 0.3) is 55.7 Å². The molecule has 5 aromatic heterocycles. The Bertz CT molecular complexity index is 1930. The van der Waals surface area contributed by atoms with Gasteiger partial charge in [0, 0.05) is 76.8 Å². The number of carbonyl (C=O) groups excluding carboxylic acids is 1. The molecule has 0 radical (unpaired) electrons. The SMILES string of the molecule is CCCC(=O)Nc1cncc(-c2cnc3[nH]nc(-c4cc5c(-c6cc(F)cc(NCCN(C)C)c6)nccc5[nH]4)c3c2)c1. The fraction of sp³-hybridized carbons (Fsp3) is 0.219. The molecule has 0 aliphatic carbocycles. The maximum absolute atomic E-state index is 14.7. The number of hydrogen-bond donors (Lipinski definition) is 4. The lowest BCUT2D eigenvalue weighted by molar-refractivity contribution is -0.116. The van der Waals surface area contributed by atoms with Gasteiger partial charge in [-0.25, -0.2) is 9.37 Å². The lowest BCUT2D eigenvalue weighted by Crippen LogP contribution is -2.20. The van der Waals surface area contributed by atoms with E-state index in [2.05, 4.69) is 45.7 Å². The Labute approximate surface area is 247 Å². The number of amides is 1. The van der Waals surface area contributed by atoms with Crippen LogP contribution in [0.3, 0.4) is 0 Å². The molecule has 11 heteroatoms. The van der Waals surface area contributed by atoms with E-state index in [1.54, 1.807) is 24.8 Å². The second-order valence-corrected chi connectivity index (χ2v) is 10.7. The standard InChI is InChI=1S/C32H32FN9O/c1-4-5-29(43)38-24-12-20(16-34-18-24)21-13-26-31(40-41-32(26)37-17-21)28-15-25-27(39-28)6-7-36-30(25)19-10-22(33)14-23(11-19)35-8-9-42(2)3/h6-7,10-18,35,39H,4-5,8-9H2,1-3H3,(H,38,43)(H,37,40,41). The molecule has 0 unspecified atom stereocenters. The summed E-state index contributed by atoms with van der Waals surface area (Å²) >= 11 is 0. The van der Waals surface area contributed by atoms with Gasteiger partial charge < -0.3 is 20.5 Å². The van der Waals surface area contributed by atoms with Crippen molar-refractivity contribution in [2.24, 2.45) is 0 Å². The summed E-state index contributed by atoms with van der Waals surface area (Å²) in [5.41, 5.74) is 7.29. The summed E-state index contributed by atoms with van der Waals surface area (Å²) in [6, 6.07) is 12.7. The van der Waals surface area contributed by atoms with E-state index in [0.717, 1.165) is 46.1 Å². The van der Waals surface area contributed by atoms with E-state index < -0.39 is 0 Å². The normalized spacial score (nSPS) is 11.5. The van der Waals surface area contributed by atoms with Crippen LogP contribution in [-0.2, 0) is 4.79 Å². The summed E-state index contributed by atoms with van der Waals surface area (Å²) in [6.07, 6.45) is 8.05. The van der Waals surface area contributed by atoms with Gasteiger partial charge in [0.2, 0.25) is 5.91 Å². The second-order valence-electron chi connectivity index (χ2n) is 10.7. The van der Waals surface area contributed by atoms with Crippen LogP contribution in [0.1, 0.15) is 19.8 Å². The molecule has 0 bridgehead atoms. The second kappa shape index (κ2) is 12.0. The molecule has 0 atom stereocenters. The average molecular weight is 578 g/mol. The number of carbonyl (C=O) groups is 1. The van der Waals surface area contributed by atoms with E-state index in [1.807, 2.05) is 51.4 Å². The molecule has 6 rings (SSSR count). The number of benzene rings is 1. The zero-order chi connectivity index (χ0) is 29.9. The summed E-state index contributed by atoms with van der Waals surface area (Å²) in [6.45, 7) is 3.48. The molecular formula is C32H32FN9O. The van der Waals surface area contributed by atoms with Gasteiger partial charge in [0.15, 0.2) is 5.65 Å². The molecule has 5 heterocycles. The lowest BCUT2D eigenvalue weighted by atomic mass is 10.1. The molecule has 218 valence electrons. The Kier molecular flexibility index (Phi) is 7.80. The van der Waals surface area contributed by atoms with Gasteiger partial charge in [0.1, 0.15) is 11.5 Å². The van der Waals surface area contributed by atoms with Gasteiger partial charge in [-0.15, -0.1) is 0 Å². The average Bonchev–Trinajstić information content (AvgIpc) is 3.60. The molecule has 6 aromatic rings. The third kappa shape index (κ3) is 6.07. The van der Waals surface area contributed by atoms with Crippen molar-refractivity contribution in [3.8, 4) is 33.8 Å². The van der Waals surface area contributed by atoms with Gasteiger partial charge in [0.05, 0.1) is 23.3 Å². The Morgan fingerprint density at radius 3 is 2.60 bits per heavy atom. The van der Waals surface area contributed by atoms with E-state index >= 15 is 0 Å². The molecular weight excluding hydrogens is 545 g/mol. The lowest BCUT2D eigenvalue weighted by Gasteiger charge is -2.12. The number of hydrogen-bond acceptors (Lipinski definition) is 7. The number of anilines is 2. The Balaban J connectivity index is 1.35. The molecule has 1 aromatic carbocycles. The third-order valence-electron chi connectivity index (χ3n) is 7.11. The van der Waals surface area contributed by atoms with Crippen LogP contribution in [0.5, 0.6) is 0 Å². The fourth-order valence-corrected chi connectivity index (χ4v) is 5.05. The minimum absolute atomic E-state index is 0.0464. The summed E-state index contributed by atoms with van der Waals surface area (Å²) in [4.78, 5) is 31.1. The molecule has 0 spiro atoms. The Morgan fingerprint density at radius 2 is 1.77 bits per heavy atom. The van der Waals surface area contributed by atoms with Crippen molar-refractivity contribution in [2.45, 2.75) is 19.8 Å². The number of aromatic amines is 2. The molecule has 0 saturated heterocycles. The number of halogens is 1. The van der Waals surface area contributed by atoms with E-state index in [0.29, 0.717) is 46.9 Å². The molecule has 1 amide bonds.